The molecule has 0 spiro atoms. The summed E-state index contributed by atoms with van der Waals surface area (Å²) in [5.74, 6) is 0.186. The molecule has 1 unspecified atom stereocenters. The summed E-state index contributed by atoms with van der Waals surface area (Å²) >= 11 is 5.86. The summed E-state index contributed by atoms with van der Waals surface area (Å²) in [6, 6.07) is 4.23. The first-order chi connectivity index (χ1) is 9.65. The molecule has 0 radical (unpaired) electrons. The van der Waals surface area contributed by atoms with Gasteiger partial charge in [-0.15, -0.1) is 10.2 Å². The number of halogens is 2. The average Bonchev–Trinajstić information content (AvgIpc) is 2.92. The van der Waals surface area contributed by atoms with E-state index in [-0.39, 0.29) is 17.5 Å². The minimum Gasteiger partial charge on any atom is -0.419 e. The van der Waals surface area contributed by atoms with Gasteiger partial charge in [0, 0.05) is 5.02 Å². The third-order valence-corrected chi connectivity index (χ3v) is 3.18. The highest BCUT2D eigenvalue weighted by molar-refractivity contribution is 6.30. The molecule has 108 valence electrons. The van der Waals surface area contributed by atoms with E-state index in [1.54, 1.807) is 0 Å². The van der Waals surface area contributed by atoms with Gasteiger partial charge in [0.1, 0.15) is 5.82 Å². The number of nitrogens with zero attached hydrogens (tertiary/aromatic N) is 2. The number of hydrogen-bond acceptors (Lipinski definition) is 4. The molecule has 0 saturated heterocycles. The van der Waals surface area contributed by atoms with E-state index < -0.39 is 5.82 Å². The van der Waals surface area contributed by atoms with E-state index in [9.17, 15) is 4.39 Å². The Labute approximate surface area is 122 Å². The summed E-state index contributed by atoms with van der Waals surface area (Å²) in [6.45, 7) is 4.97. The summed E-state index contributed by atoms with van der Waals surface area (Å²) < 4.78 is 19.3. The van der Waals surface area contributed by atoms with Crippen LogP contribution in [-0.2, 0) is 0 Å². The van der Waals surface area contributed by atoms with Crippen LogP contribution in [0.15, 0.2) is 22.6 Å². The van der Waals surface area contributed by atoms with Crippen LogP contribution in [0.4, 0.5) is 4.39 Å². The lowest BCUT2D eigenvalue weighted by Gasteiger charge is -2.11. The molecule has 6 heteroatoms. The largest absolute Gasteiger partial charge is 0.419 e. The first-order valence-electron chi connectivity index (χ1n) is 6.67. The molecular weight excluding hydrogens is 281 g/mol. The van der Waals surface area contributed by atoms with Crippen LogP contribution in [0.2, 0.25) is 5.02 Å². The van der Waals surface area contributed by atoms with E-state index in [4.69, 9.17) is 16.0 Å². The smallest absolute Gasteiger partial charge is 0.250 e. The second-order valence-electron chi connectivity index (χ2n) is 4.48. The maximum atomic E-state index is 13.7. The zero-order valence-electron chi connectivity index (χ0n) is 11.5. The Morgan fingerprint density at radius 3 is 2.85 bits per heavy atom. The molecule has 4 nitrogen and oxygen atoms in total. The van der Waals surface area contributed by atoms with Gasteiger partial charge in [-0.1, -0.05) is 25.4 Å². The molecule has 1 heterocycles. The molecule has 2 rings (SSSR count). The van der Waals surface area contributed by atoms with Gasteiger partial charge in [-0.3, -0.25) is 0 Å². The van der Waals surface area contributed by atoms with Crippen molar-refractivity contribution in [3.8, 4) is 11.5 Å². The fraction of sp³-hybridized carbons (Fsp3) is 0.429. The maximum absolute atomic E-state index is 13.7. The van der Waals surface area contributed by atoms with E-state index in [2.05, 4.69) is 22.4 Å². The Bertz CT molecular complexity index is 573. The first-order valence-corrected chi connectivity index (χ1v) is 7.05. The molecule has 20 heavy (non-hydrogen) atoms. The number of rotatable bonds is 6. The van der Waals surface area contributed by atoms with E-state index in [1.165, 1.54) is 18.2 Å². The molecule has 0 bridgehead atoms. The fourth-order valence-electron chi connectivity index (χ4n) is 1.87. The molecular formula is C14H17ClFN3O. The van der Waals surface area contributed by atoms with Gasteiger partial charge in [-0.05, 0) is 37.6 Å². The lowest BCUT2D eigenvalue weighted by molar-refractivity contribution is 0.395. The van der Waals surface area contributed by atoms with Crippen molar-refractivity contribution in [2.45, 2.75) is 32.7 Å². The Balaban J connectivity index is 2.25. The second-order valence-corrected chi connectivity index (χ2v) is 4.92. The Hall–Kier alpha value is -1.46. The third-order valence-electron chi connectivity index (χ3n) is 2.95. The minimum atomic E-state index is -0.431. The number of benzene rings is 1. The van der Waals surface area contributed by atoms with Crippen LogP contribution in [0.25, 0.3) is 11.5 Å². The van der Waals surface area contributed by atoms with Gasteiger partial charge in [0.25, 0.3) is 5.89 Å². The van der Waals surface area contributed by atoms with Crippen molar-refractivity contribution in [3.05, 3.63) is 34.9 Å². The lowest BCUT2D eigenvalue weighted by Crippen LogP contribution is -2.21. The van der Waals surface area contributed by atoms with Crippen molar-refractivity contribution in [1.82, 2.24) is 15.5 Å². The molecule has 0 aliphatic rings. The van der Waals surface area contributed by atoms with Crippen molar-refractivity contribution < 1.29 is 8.81 Å². The van der Waals surface area contributed by atoms with Crippen molar-refractivity contribution in [1.29, 1.82) is 0 Å². The molecule has 1 atom stereocenters. The van der Waals surface area contributed by atoms with Crippen LogP contribution < -0.4 is 5.32 Å². The predicted molar refractivity (Wildman–Crippen MR) is 76.0 cm³/mol. The van der Waals surface area contributed by atoms with Crippen molar-refractivity contribution in [2.24, 2.45) is 0 Å². The van der Waals surface area contributed by atoms with Crippen LogP contribution in [0.1, 0.15) is 38.6 Å². The first kappa shape index (κ1) is 14.9. The van der Waals surface area contributed by atoms with Crippen molar-refractivity contribution in [3.63, 3.8) is 0 Å². The van der Waals surface area contributed by atoms with E-state index in [1.807, 2.05) is 6.92 Å². The quantitative estimate of drug-likeness (QED) is 0.876. The van der Waals surface area contributed by atoms with Crippen LogP contribution in [0.5, 0.6) is 0 Å². The molecule has 1 N–H and O–H groups in total. The van der Waals surface area contributed by atoms with E-state index in [0.717, 1.165) is 19.4 Å². The molecule has 0 saturated carbocycles. The highest BCUT2D eigenvalue weighted by Crippen LogP contribution is 2.26. The average molecular weight is 298 g/mol. The standard InChI is InChI=1S/C14H17ClFN3O/c1-3-7-17-12(4-2)14-19-18-13(20-14)10-8-9(15)5-6-11(10)16/h5-6,8,12,17H,3-4,7H2,1-2H3. The summed E-state index contributed by atoms with van der Waals surface area (Å²) in [6.07, 6.45) is 1.83. The third kappa shape index (κ3) is 3.35. The molecule has 1 aromatic carbocycles. The number of nitrogens with one attached hydrogen (secondary N) is 1. The highest BCUT2D eigenvalue weighted by Gasteiger charge is 2.18. The molecule has 0 fully saturated rings. The van der Waals surface area contributed by atoms with Crippen LogP contribution in [0, 0.1) is 5.82 Å². The molecule has 0 aliphatic heterocycles. The van der Waals surface area contributed by atoms with Gasteiger partial charge in [0.2, 0.25) is 5.89 Å². The predicted octanol–water partition coefficient (Wildman–Crippen LogP) is 3.98. The Morgan fingerprint density at radius 1 is 1.35 bits per heavy atom. The molecule has 0 amide bonds. The van der Waals surface area contributed by atoms with E-state index in [0.29, 0.717) is 10.9 Å². The summed E-state index contributed by atoms with van der Waals surface area (Å²) in [4.78, 5) is 0. The highest BCUT2D eigenvalue weighted by atomic mass is 35.5. The topological polar surface area (TPSA) is 51.0 Å². The summed E-state index contributed by atoms with van der Waals surface area (Å²) in [5.41, 5.74) is 0.224. The number of aromatic nitrogens is 2. The molecule has 0 aliphatic carbocycles. The zero-order valence-corrected chi connectivity index (χ0v) is 12.2. The lowest BCUT2D eigenvalue weighted by atomic mass is 10.2. The maximum Gasteiger partial charge on any atom is 0.250 e. The van der Waals surface area contributed by atoms with Gasteiger partial charge < -0.3 is 9.73 Å². The minimum absolute atomic E-state index is 0.0153. The van der Waals surface area contributed by atoms with Crippen LogP contribution in [0.3, 0.4) is 0 Å². The summed E-state index contributed by atoms with van der Waals surface area (Å²) in [5, 5.41) is 11.6. The van der Waals surface area contributed by atoms with Crippen LogP contribution in [-0.4, -0.2) is 16.7 Å². The van der Waals surface area contributed by atoms with Gasteiger partial charge in [0.05, 0.1) is 11.6 Å². The monoisotopic (exact) mass is 297 g/mol. The Kier molecular flexibility index (Phi) is 5.09. The summed E-state index contributed by atoms with van der Waals surface area (Å²) in [7, 11) is 0. The van der Waals surface area contributed by atoms with Crippen molar-refractivity contribution in [2.75, 3.05) is 6.54 Å². The SMILES string of the molecule is CCCNC(CC)c1nnc(-c2cc(Cl)ccc2F)o1. The van der Waals surface area contributed by atoms with Gasteiger partial charge in [-0.2, -0.15) is 0 Å². The van der Waals surface area contributed by atoms with Crippen LogP contribution >= 0.6 is 11.6 Å². The van der Waals surface area contributed by atoms with Gasteiger partial charge in [-0.25, -0.2) is 4.39 Å². The Morgan fingerprint density at radius 2 is 2.15 bits per heavy atom. The number of hydrogen-bond donors (Lipinski definition) is 1. The van der Waals surface area contributed by atoms with Gasteiger partial charge in [0.15, 0.2) is 0 Å². The molecule has 1 aromatic heterocycles. The zero-order chi connectivity index (χ0) is 14.5. The molecule has 2 aromatic rings. The second kappa shape index (κ2) is 6.81. The fourth-order valence-corrected chi connectivity index (χ4v) is 2.04. The van der Waals surface area contributed by atoms with E-state index >= 15 is 0 Å². The normalized spacial score (nSPS) is 12.6. The van der Waals surface area contributed by atoms with Gasteiger partial charge >= 0.3 is 0 Å². The van der Waals surface area contributed by atoms with Crippen molar-refractivity contribution >= 4 is 11.6 Å².